The summed E-state index contributed by atoms with van der Waals surface area (Å²) in [5, 5.41) is 10.4. The fraction of sp³-hybridized carbons (Fsp3) is 0. The highest BCUT2D eigenvalue weighted by atomic mass is 15.1. The summed E-state index contributed by atoms with van der Waals surface area (Å²) in [7, 11) is 0. The van der Waals surface area contributed by atoms with Crippen molar-refractivity contribution < 1.29 is 0 Å². The standard InChI is InChI=1S/C46H30N2/c1-4-15-33(16-5-1)47(34-17-6-2-7-18-34)36-28-26-31(27-29-36)41-30-32-14-12-23-39-43(32)44-37(41)22-13-24-40(44)46-45(39)38-21-10-11-25-42(38)48(46)35-19-8-3-9-20-35/h1-30H. The Morgan fingerprint density at radius 2 is 0.938 bits per heavy atom. The third-order valence-electron chi connectivity index (χ3n) is 9.88. The molecule has 0 N–H and O–H groups in total. The van der Waals surface area contributed by atoms with Crippen molar-refractivity contribution in [3.63, 3.8) is 0 Å². The second-order valence-corrected chi connectivity index (χ2v) is 12.5. The van der Waals surface area contributed by atoms with Crippen LogP contribution in [0.2, 0.25) is 0 Å². The zero-order chi connectivity index (χ0) is 31.6. The maximum absolute atomic E-state index is 2.46. The van der Waals surface area contributed by atoms with Gasteiger partial charge in [-0.25, -0.2) is 0 Å². The number of hydrogen-bond donors (Lipinski definition) is 0. The molecule has 2 nitrogen and oxygen atoms in total. The molecular weight excluding hydrogens is 581 g/mol. The zero-order valence-electron chi connectivity index (χ0n) is 26.2. The summed E-state index contributed by atoms with van der Waals surface area (Å²) in [6.07, 6.45) is 0. The largest absolute Gasteiger partial charge is 0.311 e. The van der Waals surface area contributed by atoms with Crippen molar-refractivity contribution in [2.75, 3.05) is 4.90 Å². The van der Waals surface area contributed by atoms with Crippen LogP contribution >= 0.6 is 0 Å². The lowest BCUT2D eigenvalue weighted by Gasteiger charge is -2.25. The van der Waals surface area contributed by atoms with E-state index in [0.717, 1.165) is 17.1 Å². The molecular formula is C46H30N2. The van der Waals surface area contributed by atoms with Gasteiger partial charge in [0.05, 0.1) is 11.0 Å². The Balaban J connectivity index is 1.24. The highest BCUT2D eigenvalue weighted by Gasteiger charge is 2.22. The molecule has 0 fully saturated rings. The topological polar surface area (TPSA) is 8.17 Å². The highest BCUT2D eigenvalue weighted by molar-refractivity contribution is 6.39. The first-order valence-electron chi connectivity index (χ1n) is 16.5. The van der Waals surface area contributed by atoms with Crippen LogP contribution < -0.4 is 4.90 Å². The average Bonchev–Trinajstić information content (AvgIpc) is 3.51. The molecule has 9 aromatic carbocycles. The van der Waals surface area contributed by atoms with Crippen LogP contribution in [0.15, 0.2) is 182 Å². The monoisotopic (exact) mass is 610 g/mol. The molecule has 1 aromatic heterocycles. The number of anilines is 3. The van der Waals surface area contributed by atoms with Crippen LogP contribution in [0.25, 0.3) is 70.9 Å². The third-order valence-corrected chi connectivity index (χ3v) is 9.88. The molecule has 0 aliphatic carbocycles. The molecule has 10 rings (SSSR count). The van der Waals surface area contributed by atoms with E-state index < -0.39 is 0 Å². The quantitative estimate of drug-likeness (QED) is 0.176. The Morgan fingerprint density at radius 1 is 0.375 bits per heavy atom. The summed E-state index contributed by atoms with van der Waals surface area (Å²) in [4.78, 5) is 2.31. The first-order chi connectivity index (χ1) is 23.8. The van der Waals surface area contributed by atoms with Crippen LogP contribution in [0.3, 0.4) is 0 Å². The highest BCUT2D eigenvalue weighted by Crippen LogP contribution is 2.48. The lowest BCUT2D eigenvalue weighted by Crippen LogP contribution is -2.09. The molecule has 0 aliphatic rings. The van der Waals surface area contributed by atoms with Crippen molar-refractivity contribution in [2.24, 2.45) is 0 Å². The van der Waals surface area contributed by atoms with Crippen molar-refractivity contribution >= 4 is 71.2 Å². The minimum Gasteiger partial charge on any atom is -0.311 e. The van der Waals surface area contributed by atoms with Crippen molar-refractivity contribution in [2.45, 2.75) is 0 Å². The fourth-order valence-corrected chi connectivity index (χ4v) is 7.90. The average molecular weight is 611 g/mol. The molecule has 224 valence electrons. The van der Waals surface area contributed by atoms with E-state index in [4.69, 9.17) is 0 Å². The number of hydrogen-bond acceptors (Lipinski definition) is 1. The van der Waals surface area contributed by atoms with Gasteiger partial charge >= 0.3 is 0 Å². The minimum atomic E-state index is 1.13. The predicted molar refractivity (Wildman–Crippen MR) is 205 cm³/mol. The van der Waals surface area contributed by atoms with E-state index in [1.807, 2.05) is 0 Å². The Morgan fingerprint density at radius 3 is 1.67 bits per heavy atom. The van der Waals surface area contributed by atoms with E-state index in [1.54, 1.807) is 0 Å². The van der Waals surface area contributed by atoms with Crippen LogP contribution in [-0.4, -0.2) is 4.57 Å². The van der Waals surface area contributed by atoms with Gasteiger partial charge in [-0.3, -0.25) is 0 Å². The molecule has 0 bridgehead atoms. The van der Waals surface area contributed by atoms with E-state index in [0.29, 0.717) is 0 Å². The van der Waals surface area contributed by atoms with Gasteiger partial charge in [-0.1, -0.05) is 121 Å². The number of fused-ring (bicyclic) bond motifs is 5. The minimum absolute atomic E-state index is 1.13. The van der Waals surface area contributed by atoms with Gasteiger partial charge in [0.15, 0.2) is 0 Å². The third kappa shape index (κ3) is 3.93. The molecule has 2 heteroatoms. The second-order valence-electron chi connectivity index (χ2n) is 12.5. The summed E-state index contributed by atoms with van der Waals surface area (Å²) in [6, 6.07) is 66.0. The molecule has 0 saturated carbocycles. The van der Waals surface area contributed by atoms with Crippen molar-refractivity contribution in [1.29, 1.82) is 0 Å². The van der Waals surface area contributed by atoms with Gasteiger partial charge in [-0.15, -0.1) is 0 Å². The van der Waals surface area contributed by atoms with Gasteiger partial charge in [0, 0.05) is 44.3 Å². The van der Waals surface area contributed by atoms with Crippen molar-refractivity contribution in [1.82, 2.24) is 4.57 Å². The Labute approximate surface area is 278 Å². The number of nitrogens with zero attached hydrogens (tertiary/aromatic N) is 2. The number of rotatable bonds is 5. The molecule has 0 atom stereocenters. The maximum Gasteiger partial charge on any atom is 0.0626 e. The molecule has 48 heavy (non-hydrogen) atoms. The summed E-state index contributed by atoms with van der Waals surface area (Å²) in [5.74, 6) is 0. The smallest absolute Gasteiger partial charge is 0.0626 e. The van der Waals surface area contributed by atoms with Crippen LogP contribution in [-0.2, 0) is 0 Å². The van der Waals surface area contributed by atoms with Gasteiger partial charge in [0.2, 0.25) is 0 Å². The van der Waals surface area contributed by atoms with Crippen molar-refractivity contribution in [3.05, 3.63) is 182 Å². The van der Waals surface area contributed by atoms with Gasteiger partial charge in [-0.05, 0) is 93.3 Å². The predicted octanol–water partition coefficient (Wildman–Crippen LogP) is 12.8. The van der Waals surface area contributed by atoms with Crippen molar-refractivity contribution in [3.8, 4) is 16.8 Å². The second kappa shape index (κ2) is 10.6. The maximum atomic E-state index is 2.46. The molecule has 10 aromatic rings. The Bertz CT molecular complexity index is 2700. The normalized spacial score (nSPS) is 11.8. The van der Waals surface area contributed by atoms with E-state index >= 15 is 0 Å². The Kier molecular flexibility index (Phi) is 5.91. The first kappa shape index (κ1) is 26.8. The molecule has 1 heterocycles. The lowest BCUT2D eigenvalue weighted by molar-refractivity contribution is 1.19. The number of benzene rings is 9. The summed E-state index contributed by atoms with van der Waals surface area (Å²) < 4.78 is 2.46. The van der Waals surface area contributed by atoms with Gasteiger partial charge in [0.25, 0.3) is 0 Å². The molecule has 0 aliphatic heterocycles. The van der Waals surface area contributed by atoms with Crippen LogP contribution in [0, 0.1) is 0 Å². The van der Waals surface area contributed by atoms with E-state index in [2.05, 4.69) is 191 Å². The Hall–Kier alpha value is -6.38. The van der Waals surface area contributed by atoms with E-state index in [1.165, 1.54) is 70.9 Å². The molecule has 0 amide bonds. The zero-order valence-corrected chi connectivity index (χ0v) is 26.2. The van der Waals surface area contributed by atoms with E-state index in [9.17, 15) is 0 Å². The van der Waals surface area contributed by atoms with Gasteiger partial charge in [-0.2, -0.15) is 0 Å². The summed E-state index contributed by atoms with van der Waals surface area (Å²) in [6.45, 7) is 0. The van der Waals surface area contributed by atoms with Crippen LogP contribution in [0.4, 0.5) is 17.1 Å². The molecule has 0 spiro atoms. The number of para-hydroxylation sites is 4. The van der Waals surface area contributed by atoms with Crippen LogP contribution in [0.5, 0.6) is 0 Å². The molecule has 0 unspecified atom stereocenters. The summed E-state index contributed by atoms with van der Waals surface area (Å²) in [5.41, 5.74) is 9.53. The van der Waals surface area contributed by atoms with E-state index in [-0.39, 0.29) is 0 Å². The van der Waals surface area contributed by atoms with Gasteiger partial charge < -0.3 is 9.47 Å². The molecule has 0 saturated heterocycles. The van der Waals surface area contributed by atoms with Gasteiger partial charge in [0.1, 0.15) is 0 Å². The number of aromatic nitrogens is 1. The van der Waals surface area contributed by atoms with Crippen LogP contribution in [0.1, 0.15) is 0 Å². The lowest BCUT2D eigenvalue weighted by atomic mass is 9.87. The SMILES string of the molecule is c1ccc(N(c2ccccc2)c2ccc(-c3cc4cccc5c4c4c3cccc4c3c5c4ccccc4n3-c3ccccc3)cc2)cc1. The summed E-state index contributed by atoms with van der Waals surface area (Å²) >= 11 is 0. The molecule has 0 radical (unpaired) electrons. The first-order valence-corrected chi connectivity index (χ1v) is 16.5. The fourth-order valence-electron chi connectivity index (χ4n) is 7.90.